The Morgan fingerprint density at radius 3 is 1.50 bits per heavy atom. The molecule has 0 spiro atoms. The van der Waals surface area contributed by atoms with Gasteiger partial charge in [0.05, 0.1) is 19.0 Å². The van der Waals surface area contributed by atoms with Crippen LogP contribution in [0.4, 0.5) is 0 Å². The largest absolute Gasteiger partial charge is 0.283 e. The van der Waals surface area contributed by atoms with E-state index in [-0.39, 0.29) is 0 Å². The Labute approximate surface area is 127 Å². The zero-order valence-electron chi connectivity index (χ0n) is 11.9. The first-order valence-electron chi connectivity index (χ1n) is 6.16. The summed E-state index contributed by atoms with van der Waals surface area (Å²) < 4.78 is 7.32. The Kier molecular flexibility index (Phi) is 6.84. The second kappa shape index (κ2) is 7.63. The molecule has 2 aliphatic rings. The van der Waals surface area contributed by atoms with E-state index in [4.69, 9.17) is 0 Å². The van der Waals surface area contributed by atoms with Crippen molar-refractivity contribution in [2.24, 2.45) is 0 Å². The van der Waals surface area contributed by atoms with Gasteiger partial charge < -0.3 is 0 Å². The van der Waals surface area contributed by atoms with Crippen molar-refractivity contribution in [1.29, 1.82) is 0 Å². The van der Waals surface area contributed by atoms with Gasteiger partial charge in [0.15, 0.2) is 0 Å². The molecule has 0 bridgehead atoms. The summed E-state index contributed by atoms with van der Waals surface area (Å²) in [4.78, 5) is 0. The third kappa shape index (κ3) is 4.05. The second-order valence-electron chi connectivity index (χ2n) is 4.67. The molecule has 0 amide bonds. The van der Waals surface area contributed by atoms with Crippen LogP contribution in [0.15, 0.2) is 41.0 Å². The van der Waals surface area contributed by atoms with Gasteiger partial charge in [-0.2, -0.15) is 0 Å². The summed E-state index contributed by atoms with van der Waals surface area (Å²) >= 11 is 4.06. The third-order valence-electron chi connectivity index (χ3n) is 3.61. The molecule has 0 saturated carbocycles. The van der Waals surface area contributed by atoms with Crippen LogP contribution in [0.25, 0.3) is 0 Å². The van der Waals surface area contributed by atoms with Gasteiger partial charge in [-0.15, -0.1) is 0 Å². The van der Waals surface area contributed by atoms with Crippen molar-refractivity contribution in [3.8, 4) is 0 Å². The van der Waals surface area contributed by atoms with Gasteiger partial charge in [0.25, 0.3) is 0 Å². The normalized spacial score (nSPS) is 18.6. The molecular formula is C15H21ClOZr. The van der Waals surface area contributed by atoms with Crippen LogP contribution >= 0.6 is 11.9 Å². The molecule has 0 aromatic carbocycles. The minimum atomic E-state index is -0.438. The van der Waals surface area contributed by atoms with Crippen LogP contribution in [0.3, 0.4) is 0 Å². The predicted molar refractivity (Wildman–Crippen MR) is 75.0 cm³/mol. The van der Waals surface area contributed by atoms with Crippen LogP contribution in [0.5, 0.6) is 0 Å². The molecule has 98 valence electrons. The molecule has 0 saturated heterocycles. The van der Waals surface area contributed by atoms with Gasteiger partial charge in [-0.3, -0.25) is 4.29 Å². The molecule has 0 radical (unpaired) electrons. The second-order valence-corrected chi connectivity index (χ2v) is 8.56. The van der Waals surface area contributed by atoms with E-state index in [0.29, 0.717) is 0 Å². The number of allylic oxidation sites excluding steroid dienone is 8. The van der Waals surface area contributed by atoms with Gasteiger partial charge in [0, 0.05) is 0 Å². The summed E-state index contributed by atoms with van der Waals surface area (Å²) in [7, 11) is 1.39. The van der Waals surface area contributed by atoms with Crippen molar-refractivity contribution in [1.82, 2.24) is 0 Å². The molecule has 0 aliphatic heterocycles. The molecule has 3 heteroatoms. The van der Waals surface area contributed by atoms with Crippen LogP contribution in [0.1, 0.15) is 40.5 Å². The summed E-state index contributed by atoms with van der Waals surface area (Å²) in [5, 5.41) is 0. The SMILES string of the molecule is CC1=CC[C]([Zr][C]2=C(C)C(C)=CC2)=C1C.COCl. The molecule has 0 aromatic rings. The Balaban J connectivity index is 0.000000492. The smallest absolute Gasteiger partial charge is 0.0606 e. The van der Waals surface area contributed by atoms with E-state index < -0.39 is 23.2 Å². The standard InChI is InChI=1S/2C7H9.CH3ClO.Zr/c2*1-6-4-3-5-7(6)2;1-3-2;/h2*4H,3H2,1-2H3;1H3;. The van der Waals surface area contributed by atoms with E-state index in [2.05, 4.69) is 56.0 Å². The fourth-order valence-electron chi connectivity index (χ4n) is 2.07. The first kappa shape index (κ1) is 16.1. The maximum atomic E-state index is 4.50. The summed E-state index contributed by atoms with van der Waals surface area (Å²) in [5.74, 6) is 0. The van der Waals surface area contributed by atoms with Crippen molar-refractivity contribution in [3.05, 3.63) is 41.0 Å². The van der Waals surface area contributed by atoms with Crippen LogP contribution in [0.2, 0.25) is 0 Å². The Hall–Kier alpha value is 0.0931. The first-order valence-corrected chi connectivity index (χ1v) is 8.93. The minimum Gasteiger partial charge on any atom is -0.283 e. The van der Waals surface area contributed by atoms with Crippen LogP contribution in [-0.2, 0) is 27.5 Å². The van der Waals surface area contributed by atoms with Crippen molar-refractivity contribution in [2.75, 3.05) is 7.11 Å². The van der Waals surface area contributed by atoms with E-state index in [0.717, 1.165) is 0 Å². The van der Waals surface area contributed by atoms with Gasteiger partial charge in [-0.25, -0.2) is 0 Å². The van der Waals surface area contributed by atoms with Gasteiger partial charge in [0.1, 0.15) is 0 Å². The summed E-state index contributed by atoms with van der Waals surface area (Å²) in [6.07, 6.45) is 7.30. The maximum absolute atomic E-state index is 4.50. The van der Waals surface area contributed by atoms with E-state index in [9.17, 15) is 0 Å². The maximum Gasteiger partial charge on any atom is 0.0606 e. The molecule has 2 rings (SSSR count). The molecule has 1 nitrogen and oxygen atoms in total. The van der Waals surface area contributed by atoms with Gasteiger partial charge >= 0.3 is 105 Å². The van der Waals surface area contributed by atoms with E-state index in [1.165, 1.54) is 31.1 Å². The van der Waals surface area contributed by atoms with Gasteiger partial charge in [-0.05, 0) is 0 Å². The Morgan fingerprint density at radius 1 is 0.944 bits per heavy atom. The fourth-order valence-corrected chi connectivity index (χ4v) is 5.86. The van der Waals surface area contributed by atoms with Crippen molar-refractivity contribution < 1.29 is 27.5 Å². The van der Waals surface area contributed by atoms with Crippen LogP contribution in [0, 0.1) is 0 Å². The van der Waals surface area contributed by atoms with E-state index in [1.807, 2.05) is 0 Å². The summed E-state index contributed by atoms with van der Waals surface area (Å²) in [5.41, 5.74) is 6.25. The van der Waals surface area contributed by atoms with Gasteiger partial charge in [-0.1, -0.05) is 0 Å². The Morgan fingerprint density at radius 2 is 1.28 bits per heavy atom. The summed E-state index contributed by atoms with van der Waals surface area (Å²) in [6, 6.07) is 0. The summed E-state index contributed by atoms with van der Waals surface area (Å²) in [6.45, 7) is 9.11. The molecule has 18 heavy (non-hydrogen) atoms. The zero-order valence-corrected chi connectivity index (χ0v) is 15.1. The molecule has 0 fully saturated rings. The third-order valence-corrected chi connectivity index (χ3v) is 7.95. The number of hydrogen-bond donors (Lipinski definition) is 0. The molecule has 0 N–H and O–H groups in total. The van der Waals surface area contributed by atoms with Crippen molar-refractivity contribution in [3.63, 3.8) is 0 Å². The van der Waals surface area contributed by atoms with Crippen molar-refractivity contribution >= 4 is 11.9 Å². The average Bonchev–Trinajstić information content (AvgIpc) is 2.81. The molecule has 0 aromatic heterocycles. The van der Waals surface area contributed by atoms with Crippen molar-refractivity contribution in [2.45, 2.75) is 40.5 Å². The Bertz CT molecular complexity index is 401. The van der Waals surface area contributed by atoms with E-state index in [1.54, 1.807) is 17.7 Å². The number of rotatable bonds is 2. The molecule has 0 heterocycles. The molecule has 0 atom stereocenters. The molecular weight excluding hydrogens is 323 g/mol. The van der Waals surface area contributed by atoms with Crippen LogP contribution in [-0.4, -0.2) is 7.11 Å². The average molecular weight is 344 g/mol. The molecule has 2 aliphatic carbocycles. The number of halogens is 1. The number of hydrogen-bond acceptors (Lipinski definition) is 1. The predicted octanol–water partition coefficient (Wildman–Crippen LogP) is 5.10. The van der Waals surface area contributed by atoms with E-state index >= 15 is 0 Å². The molecule has 0 unspecified atom stereocenters. The quantitative estimate of drug-likeness (QED) is 0.677. The van der Waals surface area contributed by atoms with Crippen LogP contribution < -0.4 is 0 Å². The zero-order chi connectivity index (χ0) is 13.7. The fraction of sp³-hybridized carbons (Fsp3) is 0.467. The minimum absolute atomic E-state index is 0.438. The first-order chi connectivity index (χ1) is 8.51. The van der Waals surface area contributed by atoms with Gasteiger partial charge in [0.2, 0.25) is 0 Å². The topological polar surface area (TPSA) is 9.23 Å². The monoisotopic (exact) mass is 342 g/mol.